The molecule has 20 heavy (non-hydrogen) atoms. The molecule has 1 heterocycles. The van der Waals surface area contributed by atoms with E-state index in [2.05, 4.69) is 9.71 Å². The summed E-state index contributed by atoms with van der Waals surface area (Å²) in [7, 11) is -3.84. The highest BCUT2D eigenvalue weighted by Crippen LogP contribution is 2.18. The molecule has 0 aliphatic carbocycles. The van der Waals surface area contributed by atoms with E-state index in [1.54, 1.807) is 31.5 Å². The van der Waals surface area contributed by atoms with E-state index in [1.807, 2.05) is 0 Å². The fourth-order valence-corrected chi connectivity index (χ4v) is 2.74. The molecular weight excluding hydrogens is 280 g/mol. The number of sulfonamides is 1. The molecule has 0 atom stereocenters. The normalized spacial score (nSPS) is 11.1. The number of aromatic nitrogens is 1. The molecule has 2 rings (SSSR count). The van der Waals surface area contributed by atoms with Crippen LogP contribution in [0.4, 0.5) is 5.69 Å². The van der Waals surface area contributed by atoms with Crippen molar-refractivity contribution in [2.24, 2.45) is 0 Å². The van der Waals surface area contributed by atoms with Crippen LogP contribution in [0.25, 0.3) is 0 Å². The fourth-order valence-electron chi connectivity index (χ4n) is 1.66. The summed E-state index contributed by atoms with van der Waals surface area (Å²) in [6.07, 6.45) is 3.14. The molecule has 0 saturated heterocycles. The molecule has 0 fully saturated rings. The number of rotatable bonds is 4. The molecule has 0 aliphatic heterocycles. The molecule has 0 aliphatic rings. The molecule has 0 saturated carbocycles. The zero-order valence-corrected chi connectivity index (χ0v) is 11.4. The van der Waals surface area contributed by atoms with Crippen molar-refractivity contribution >= 4 is 21.7 Å². The minimum absolute atomic E-state index is 0.130. The Morgan fingerprint density at radius 2 is 1.85 bits per heavy atom. The molecule has 0 amide bonds. The minimum Gasteiger partial charge on any atom is -0.545 e. The van der Waals surface area contributed by atoms with Crippen LogP contribution in [0.3, 0.4) is 0 Å². The van der Waals surface area contributed by atoms with Crippen molar-refractivity contribution in [3.05, 3.63) is 53.9 Å². The number of hydrogen-bond donors (Lipinski definition) is 1. The smallest absolute Gasteiger partial charge is 0.261 e. The zero-order valence-electron chi connectivity index (χ0n) is 10.6. The second-order valence-electron chi connectivity index (χ2n) is 4.16. The molecule has 1 aromatic carbocycles. The number of aryl methyl sites for hydroxylation is 1. The van der Waals surface area contributed by atoms with Gasteiger partial charge in [-0.15, -0.1) is 0 Å². The SMILES string of the molecule is Cc1ccc(S(=O)(=O)Nc2cc[nH+]cc2)cc1C(=O)[O-]. The first-order chi connectivity index (χ1) is 9.40. The van der Waals surface area contributed by atoms with Crippen molar-refractivity contribution in [2.75, 3.05) is 4.72 Å². The maximum absolute atomic E-state index is 12.2. The summed E-state index contributed by atoms with van der Waals surface area (Å²) >= 11 is 0. The summed E-state index contributed by atoms with van der Waals surface area (Å²) in [5.74, 6) is -1.41. The molecule has 6 nitrogen and oxygen atoms in total. The predicted octanol–water partition coefficient (Wildman–Crippen LogP) is -0.0266. The van der Waals surface area contributed by atoms with Gasteiger partial charge in [0.2, 0.25) is 0 Å². The maximum Gasteiger partial charge on any atom is 0.261 e. The highest BCUT2D eigenvalue weighted by molar-refractivity contribution is 7.92. The molecule has 0 bridgehead atoms. The molecule has 1 aromatic heterocycles. The Morgan fingerprint density at radius 1 is 1.20 bits per heavy atom. The first kappa shape index (κ1) is 14.0. The van der Waals surface area contributed by atoms with Gasteiger partial charge >= 0.3 is 0 Å². The lowest BCUT2D eigenvalue weighted by atomic mass is 10.1. The van der Waals surface area contributed by atoms with Crippen molar-refractivity contribution in [2.45, 2.75) is 11.8 Å². The average molecular weight is 292 g/mol. The summed E-state index contributed by atoms with van der Waals surface area (Å²) in [5.41, 5.74) is 0.673. The van der Waals surface area contributed by atoms with Gasteiger partial charge in [0.1, 0.15) is 0 Å². The third-order valence-electron chi connectivity index (χ3n) is 2.71. The summed E-state index contributed by atoms with van der Waals surface area (Å²) in [4.78, 5) is 13.6. The van der Waals surface area contributed by atoms with Gasteiger partial charge < -0.3 is 9.90 Å². The summed E-state index contributed by atoms with van der Waals surface area (Å²) < 4.78 is 26.7. The van der Waals surface area contributed by atoms with Gasteiger partial charge in [-0.2, -0.15) is 0 Å². The van der Waals surface area contributed by atoms with Crippen molar-refractivity contribution < 1.29 is 23.3 Å². The van der Waals surface area contributed by atoms with Crippen LogP contribution in [0.1, 0.15) is 15.9 Å². The molecule has 7 heteroatoms. The highest BCUT2D eigenvalue weighted by Gasteiger charge is 2.16. The lowest BCUT2D eigenvalue weighted by Crippen LogP contribution is -2.24. The Bertz CT molecular complexity index is 742. The number of aromatic carboxylic acids is 1. The molecular formula is C13H12N2O4S. The van der Waals surface area contributed by atoms with Gasteiger partial charge in [0.25, 0.3) is 10.0 Å². The van der Waals surface area contributed by atoms with E-state index in [9.17, 15) is 18.3 Å². The van der Waals surface area contributed by atoms with E-state index >= 15 is 0 Å². The quantitative estimate of drug-likeness (QED) is 0.855. The average Bonchev–Trinajstić information content (AvgIpc) is 2.39. The van der Waals surface area contributed by atoms with Crippen LogP contribution < -0.4 is 14.8 Å². The number of nitrogens with one attached hydrogen (secondary N) is 2. The Hall–Kier alpha value is -2.41. The first-order valence-electron chi connectivity index (χ1n) is 5.71. The number of carbonyl (C=O) groups is 1. The molecule has 0 unspecified atom stereocenters. The minimum atomic E-state index is -3.84. The first-order valence-corrected chi connectivity index (χ1v) is 7.19. The number of H-pyrrole nitrogens is 1. The third kappa shape index (κ3) is 2.94. The fraction of sp³-hybridized carbons (Fsp3) is 0.0769. The van der Waals surface area contributed by atoms with Gasteiger partial charge in [-0.05, 0) is 24.6 Å². The summed E-state index contributed by atoms with van der Waals surface area (Å²) in [6.45, 7) is 1.57. The third-order valence-corrected chi connectivity index (χ3v) is 4.09. The van der Waals surface area contributed by atoms with Crippen molar-refractivity contribution in [1.82, 2.24) is 0 Å². The Labute approximate surface area is 116 Å². The lowest BCUT2D eigenvalue weighted by Gasteiger charge is -2.11. The number of pyridine rings is 1. The summed E-state index contributed by atoms with van der Waals surface area (Å²) in [6, 6.07) is 6.95. The Balaban J connectivity index is 2.40. The van der Waals surface area contributed by atoms with Gasteiger partial charge in [-0.25, -0.2) is 13.4 Å². The van der Waals surface area contributed by atoms with Crippen LogP contribution >= 0.6 is 0 Å². The molecule has 2 aromatic rings. The van der Waals surface area contributed by atoms with Crippen molar-refractivity contribution in [3.63, 3.8) is 0 Å². The number of carboxylic acid groups (broad SMARTS) is 1. The van der Waals surface area contributed by atoms with Crippen LogP contribution in [0, 0.1) is 6.92 Å². The van der Waals surface area contributed by atoms with Crippen LogP contribution in [-0.2, 0) is 10.0 Å². The van der Waals surface area contributed by atoms with Crippen LogP contribution in [0.2, 0.25) is 0 Å². The van der Waals surface area contributed by atoms with Gasteiger partial charge in [-0.1, -0.05) is 6.07 Å². The van der Waals surface area contributed by atoms with Crippen molar-refractivity contribution in [3.8, 4) is 0 Å². The van der Waals surface area contributed by atoms with E-state index in [0.717, 1.165) is 6.07 Å². The molecule has 0 spiro atoms. The maximum atomic E-state index is 12.2. The Morgan fingerprint density at radius 3 is 2.45 bits per heavy atom. The van der Waals surface area contributed by atoms with Gasteiger partial charge in [-0.3, -0.25) is 4.72 Å². The van der Waals surface area contributed by atoms with Gasteiger partial charge in [0.05, 0.1) is 16.6 Å². The second kappa shape index (κ2) is 5.30. The number of carboxylic acids is 1. The number of aromatic amines is 1. The summed E-state index contributed by atoms with van der Waals surface area (Å²) in [5, 5.41) is 10.9. The predicted molar refractivity (Wildman–Crippen MR) is 69.3 cm³/mol. The van der Waals surface area contributed by atoms with Gasteiger partial charge in [0, 0.05) is 17.7 Å². The van der Waals surface area contributed by atoms with E-state index in [-0.39, 0.29) is 10.5 Å². The number of anilines is 1. The van der Waals surface area contributed by atoms with Crippen molar-refractivity contribution in [1.29, 1.82) is 0 Å². The van der Waals surface area contributed by atoms with Crippen LogP contribution in [0.5, 0.6) is 0 Å². The van der Waals surface area contributed by atoms with Crippen LogP contribution in [0.15, 0.2) is 47.6 Å². The van der Waals surface area contributed by atoms with E-state index in [4.69, 9.17) is 0 Å². The van der Waals surface area contributed by atoms with E-state index in [1.165, 1.54) is 12.1 Å². The molecule has 0 radical (unpaired) electrons. The van der Waals surface area contributed by atoms with E-state index < -0.39 is 16.0 Å². The molecule has 2 N–H and O–H groups in total. The second-order valence-corrected chi connectivity index (χ2v) is 5.84. The topological polar surface area (TPSA) is 100 Å². The standard InChI is InChI=1S/C13H12N2O4S/c1-9-2-3-11(8-12(9)13(16)17)20(18,19)15-10-4-6-14-7-5-10/h2-8H,1H3,(H,14,15)(H,16,17). The zero-order chi connectivity index (χ0) is 14.8. The highest BCUT2D eigenvalue weighted by atomic mass is 32.2. The monoisotopic (exact) mass is 292 g/mol. The Kier molecular flexibility index (Phi) is 3.71. The number of carbonyl (C=O) groups excluding carboxylic acids is 1. The van der Waals surface area contributed by atoms with E-state index in [0.29, 0.717) is 11.3 Å². The number of hydrogen-bond acceptors (Lipinski definition) is 4. The van der Waals surface area contributed by atoms with Gasteiger partial charge in [0.15, 0.2) is 12.4 Å². The number of benzene rings is 1. The van der Waals surface area contributed by atoms with Crippen LogP contribution in [-0.4, -0.2) is 14.4 Å². The lowest BCUT2D eigenvalue weighted by molar-refractivity contribution is -0.377. The largest absolute Gasteiger partial charge is 0.545 e. The molecule has 104 valence electrons.